The molecule has 126 valence electrons. The fraction of sp³-hybridized carbons (Fsp3) is 0.143. The molecule has 25 heavy (non-hydrogen) atoms. The van der Waals surface area contributed by atoms with Crippen molar-refractivity contribution >= 4 is 5.97 Å². The molecule has 0 N–H and O–H groups in total. The molecule has 0 saturated carbocycles. The van der Waals surface area contributed by atoms with Gasteiger partial charge in [0.2, 0.25) is 0 Å². The smallest absolute Gasteiger partial charge is 0.338 e. The Bertz CT molecular complexity index is 829. The maximum atomic E-state index is 11.8. The molecule has 1 heterocycles. The third-order valence-electron chi connectivity index (χ3n) is 3.73. The van der Waals surface area contributed by atoms with Gasteiger partial charge < -0.3 is 9.47 Å². The summed E-state index contributed by atoms with van der Waals surface area (Å²) in [7, 11) is 0. The molecule has 0 aliphatic carbocycles. The number of nitrogens with zero attached hydrogens (tertiary/aromatic N) is 1. The van der Waals surface area contributed by atoms with E-state index in [1.54, 1.807) is 31.5 Å². The van der Waals surface area contributed by atoms with Gasteiger partial charge in [0.25, 0.3) is 0 Å². The number of pyridine rings is 1. The summed E-state index contributed by atoms with van der Waals surface area (Å²) in [5, 5.41) is 0. The number of benzene rings is 2. The van der Waals surface area contributed by atoms with E-state index in [-0.39, 0.29) is 5.97 Å². The van der Waals surface area contributed by atoms with E-state index < -0.39 is 0 Å². The van der Waals surface area contributed by atoms with Gasteiger partial charge in [-0.3, -0.25) is 4.98 Å². The molecule has 0 aliphatic rings. The molecular weight excluding hydrogens is 314 g/mol. The predicted octanol–water partition coefficient (Wildman–Crippen LogP) is 4.50. The molecule has 0 spiro atoms. The van der Waals surface area contributed by atoms with Crippen LogP contribution >= 0.6 is 0 Å². The molecular formula is C21H19NO3. The van der Waals surface area contributed by atoms with Crippen molar-refractivity contribution in [3.63, 3.8) is 0 Å². The van der Waals surface area contributed by atoms with Crippen LogP contribution in [0.3, 0.4) is 0 Å². The molecule has 0 unspecified atom stereocenters. The molecule has 0 amide bonds. The molecule has 4 heteroatoms. The topological polar surface area (TPSA) is 48.4 Å². The van der Waals surface area contributed by atoms with Crippen molar-refractivity contribution in [3.05, 3.63) is 84.2 Å². The Balaban J connectivity index is 1.79. The first-order chi connectivity index (χ1) is 12.3. The van der Waals surface area contributed by atoms with Crippen LogP contribution < -0.4 is 4.74 Å². The van der Waals surface area contributed by atoms with E-state index in [0.29, 0.717) is 24.5 Å². The summed E-state index contributed by atoms with van der Waals surface area (Å²) < 4.78 is 11.0. The minimum atomic E-state index is -0.315. The summed E-state index contributed by atoms with van der Waals surface area (Å²) in [5.74, 6) is 0.388. The molecule has 2 aromatic carbocycles. The molecule has 0 bridgehead atoms. The average molecular weight is 333 g/mol. The van der Waals surface area contributed by atoms with Gasteiger partial charge in [-0.25, -0.2) is 4.79 Å². The molecule has 4 nitrogen and oxygen atoms in total. The van der Waals surface area contributed by atoms with Gasteiger partial charge in [-0.15, -0.1) is 0 Å². The molecule has 0 fully saturated rings. The largest absolute Gasteiger partial charge is 0.487 e. The number of esters is 1. The van der Waals surface area contributed by atoms with E-state index in [9.17, 15) is 4.79 Å². The zero-order chi connectivity index (χ0) is 17.5. The van der Waals surface area contributed by atoms with Crippen molar-refractivity contribution in [3.8, 4) is 16.9 Å². The fourth-order valence-corrected chi connectivity index (χ4v) is 2.47. The van der Waals surface area contributed by atoms with Gasteiger partial charge in [0.15, 0.2) is 0 Å². The fourth-order valence-electron chi connectivity index (χ4n) is 2.47. The Morgan fingerprint density at radius 3 is 2.48 bits per heavy atom. The van der Waals surface area contributed by atoms with E-state index in [1.165, 1.54) is 0 Å². The first kappa shape index (κ1) is 16.7. The Kier molecular flexibility index (Phi) is 5.42. The molecule has 0 radical (unpaired) electrons. The first-order valence-corrected chi connectivity index (χ1v) is 8.16. The molecule has 0 aliphatic heterocycles. The van der Waals surface area contributed by atoms with Gasteiger partial charge in [0.1, 0.15) is 12.4 Å². The van der Waals surface area contributed by atoms with Crippen LogP contribution in [0, 0.1) is 0 Å². The highest BCUT2D eigenvalue weighted by atomic mass is 16.5. The molecule has 0 saturated heterocycles. The Morgan fingerprint density at radius 1 is 1.00 bits per heavy atom. The van der Waals surface area contributed by atoms with Crippen molar-refractivity contribution < 1.29 is 14.3 Å². The lowest BCUT2D eigenvalue weighted by Crippen LogP contribution is -2.04. The lowest BCUT2D eigenvalue weighted by molar-refractivity contribution is 0.0526. The maximum Gasteiger partial charge on any atom is 0.338 e. The van der Waals surface area contributed by atoms with Crippen molar-refractivity contribution in [2.24, 2.45) is 0 Å². The van der Waals surface area contributed by atoms with E-state index in [2.05, 4.69) is 4.98 Å². The number of carbonyl (C=O) groups is 1. The molecule has 0 atom stereocenters. The van der Waals surface area contributed by atoms with E-state index in [4.69, 9.17) is 9.47 Å². The van der Waals surface area contributed by atoms with Gasteiger partial charge in [0.05, 0.1) is 18.4 Å². The van der Waals surface area contributed by atoms with Gasteiger partial charge in [-0.1, -0.05) is 42.5 Å². The number of carbonyl (C=O) groups excluding carboxylic acids is 1. The summed E-state index contributed by atoms with van der Waals surface area (Å²) >= 11 is 0. The highest BCUT2D eigenvalue weighted by molar-refractivity contribution is 5.90. The van der Waals surface area contributed by atoms with Crippen molar-refractivity contribution in [1.29, 1.82) is 0 Å². The van der Waals surface area contributed by atoms with Crippen molar-refractivity contribution in [2.75, 3.05) is 6.61 Å². The standard InChI is InChI=1S/C21H19NO3/c1-2-24-21(23)18-10-8-17(9-11-18)19-12-13-22-14-20(19)25-15-16-6-4-3-5-7-16/h3-14H,2,15H2,1H3. The van der Waals surface area contributed by atoms with Crippen LogP contribution in [0.1, 0.15) is 22.8 Å². The van der Waals surface area contributed by atoms with Crippen LogP contribution in [-0.4, -0.2) is 17.6 Å². The normalized spacial score (nSPS) is 10.3. The monoisotopic (exact) mass is 333 g/mol. The van der Waals surface area contributed by atoms with E-state index in [1.807, 2.05) is 48.5 Å². The molecule has 3 aromatic rings. The summed E-state index contributed by atoms with van der Waals surface area (Å²) in [5.41, 5.74) is 3.52. The van der Waals surface area contributed by atoms with Crippen LogP contribution in [0.5, 0.6) is 5.75 Å². The van der Waals surface area contributed by atoms with E-state index >= 15 is 0 Å². The van der Waals surface area contributed by atoms with E-state index in [0.717, 1.165) is 16.7 Å². The van der Waals surface area contributed by atoms with Crippen LogP contribution in [0.15, 0.2) is 73.1 Å². The zero-order valence-corrected chi connectivity index (χ0v) is 14.0. The average Bonchev–Trinajstić information content (AvgIpc) is 2.68. The highest BCUT2D eigenvalue weighted by Crippen LogP contribution is 2.29. The minimum absolute atomic E-state index is 0.315. The Morgan fingerprint density at radius 2 is 1.76 bits per heavy atom. The third kappa shape index (κ3) is 4.23. The number of hydrogen-bond donors (Lipinski definition) is 0. The lowest BCUT2D eigenvalue weighted by atomic mass is 10.0. The van der Waals surface area contributed by atoms with Crippen molar-refractivity contribution in [1.82, 2.24) is 4.98 Å². The first-order valence-electron chi connectivity index (χ1n) is 8.16. The zero-order valence-electron chi connectivity index (χ0n) is 14.0. The third-order valence-corrected chi connectivity index (χ3v) is 3.73. The summed E-state index contributed by atoms with van der Waals surface area (Å²) in [6, 6.07) is 19.2. The van der Waals surface area contributed by atoms with Crippen LogP contribution in [0.2, 0.25) is 0 Å². The number of ether oxygens (including phenoxy) is 2. The maximum absolute atomic E-state index is 11.8. The summed E-state index contributed by atoms with van der Waals surface area (Å²) in [6.45, 7) is 2.63. The Hall–Kier alpha value is -3.14. The quantitative estimate of drug-likeness (QED) is 0.623. The number of aromatic nitrogens is 1. The molecule has 1 aromatic heterocycles. The lowest BCUT2D eigenvalue weighted by Gasteiger charge is -2.11. The van der Waals surface area contributed by atoms with Crippen molar-refractivity contribution in [2.45, 2.75) is 13.5 Å². The van der Waals surface area contributed by atoms with Crippen LogP contribution in [0.25, 0.3) is 11.1 Å². The predicted molar refractivity (Wildman–Crippen MR) is 96.4 cm³/mol. The molecule has 3 rings (SSSR count). The summed E-state index contributed by atoms with van der Waals surface area (Å²) in [4.78, 5) is 15.9. The van der Waals surface area contributed by atoms with Crippen LogP contribution in [-0.2, 0) is 11.3 Å². The SMILES string of the molecule is CCOC(=O)c1ccc(-c2ccncc2OCc2ccccc2)cc1. The minimum Gasteiger partial charge on any atom is -0.487 e. The second kappa shape index (κ2) is 8.11. The second-order valence-corrected chi connectivity index (χ2v) is 5.44. The number of rotatable bonds is 6. The van der Waals surface area contributed by atoms with Gasteiger partial charge in [0, 0.05) is 11.8 Å². The van der Waals surface area contributed by atoms with Gasteiger partial charge in [-0.05, 0) is 36.2 Å². The highest BCUT2D eigenvalue weighted by Gasteiger charge is 2.10. The van der Waals surface area contributed by atoms with Gasteiger partial charge >= 0.3 is 5.97 Å². The Labute approximate surface area is 147 Å². The van der Waals surface area contributed by atoms with Crippen LogP contribution in [0.4, 0.5) is 0 Å². The second-order valence-electron chi connectivity index (χ2n) is 5.44. The number of hydrogen-bond acceptors (Lipinski definition) is 4. The van der Waals surface area contributed by atoms with Gasteiger partial charge in [-0.2, -0.15) is 0 Å². The summed E-state index contributed by atoms with van der Waals surface area (Å²) in [6.07, 6.45) is 3.43.